The first-order valence-electron chi connectivity index (χ1n) is 9.68. The zero-order chi connectivity index (χ0) is 22.4. The van der Waals surface area contributed by atoms with Crippen LogP contribution in [-0.2, 0) is 28.6 Å². The van der Waals surface area contributed by atoms with Crippen LogP contribution in [-0.4, -0.2) is 85.2 Å². The van der Waals surface area contributed by atoms with E-state index in [-0.39, 0.29) is 24.2 Å². The van der Waals surface area contributed by atoms with Crippen LogP contribution >= 0.6 is 23.5 Å². The summed E-state index contributed by atoms with van der Waals surface area (Å²) in [7, 11) is 1.22. The predicted molar refractivity (Wildman–Crippen MR) is 122 cm³/mol. The summed E-state index contributed by atoms with van der Waals surface area (Å²) in [6.45, 7) is 8.33. The quantitative estimate of drug-likeness (QED) is 0.116. The lowest BCUT2D eigenvalue weighted by molar-refractivity contribution is -0.144. The van der Waals surface area contributed by atoms with Crippen molar-refractivity contribution in [3.05, 3.63) is 36.1 Å². The number of methoxy groups -OCH3 is 1. The van der Waals surface area contributed by atoms with Crippen LogP contribution in [0.1, 0.15) is 13.8 Å². The highest BCUT2D eigenvalue weighted by atomic mass is 32.2. The minimum atomic E-state index is -0.700. The summed E-state index contributed by atoms with van der Waals surface area (Å²) in [5.41, 5.74) is 1.19. The van der Waals surface area contributed by atoms with Gasteiger partial charge < -0.3 is 19.1 Å². The minimum absolute atomic E-state index is 0.0448. The van der Waals surface area contributed by atoms with Gasteiger partial charge in [-0.15, -0.1) is 0 Å². The Morgan fingerprint density at radius 3 is 2.47 bits per heavy atom. The second kappa shape index (κ2) is 15.1. The first-order valence-corrected chi connectivity index (χ1v) is 12.0. The number of Topliss-reactive ketones (excluding diaryl/α,β-unsaturated/α-hetero) is 1. The maximum atomic E-state index is 11.9. The highest BCUT2D eigenvalue weighted by Gasteiger charge is 2.16. The van der Waals surface area contributed by atoms with Crippen molar-refractivity contribution in [3.63, 3.8) is 0 Å². The number of carbonyl (C=O) groups excluding carboxylic acids is 3. The summed E-state index contributed by atoms with van der Waals surface area (Å²) in [5, 5.41) is 0. The van der Waals surface area contributed by atoms with Crippen LogP contribution in [0.2, 0.25) is 0 Å². The van der Waals surface area contributed by atoms with Crippen molar-refractivity contribution < 1.29 is 28.6 Å². The zero-order valence-corrected chi connectivity index (χ0v) is 19.5. The van der Waals surface area contributed by atoms with Crippen LogP contribution < -0.4 is 0 Å². The number of ether oxygens (including phenoxy) is 3. The largest absolute Gasteiger partial charge is 0.465 e. The molecule has 1 heterocycles. The number of hydrogen-bond acceptors (Lipinski definition) is 9. The topological polar surface area (TPSA) is 82.1 Å². The molecule has 0 aromatic rings. The Bertz CT molecular complexity index is 650. The van der Waals surface area contributed by atoms with Gasteiger partial charge in [-0.25, -0.2) is 4.79 Å². The number of carbonyl (C=O) groups is 3. The van der Waals surface area contributed by atoms with Gasteiger partial charge in [0.05, 0.1) is 26.4 Å². The van der Waals surface area contributed by atoms with Crippen LogP contribution in [0.15, 0.2) is 36.1 Å². The lowest BCUT2D eigenvalue weighted by Gasteiger charge is -2.23. The van der Waals surface area contributed by atoms with E-state index in [0.29, 0.717) is 19.8 Å². The Hall–Kier alpha value is -1.71. The Labute approximate surface area is 187 Å². The van der Waals surface area contributed by atoms with E-state index in [0.717, 1.165) is 23.0 Å². The van der Waals surface area contributed by atoms with Crippen LogP contribution in [0.5, 0.6) is 0 Å². The maximum absolute atomic E-state index is 11.9. The lowest BCUT2D eigenvalue weighted by Crippen LogP contribution is -2.32. The predicted octanol–water partition coefficient (Wildman–Crippen LogP) is 2.48. The molecular weight excluding hydrogens is 426 g/mol. The first-order chi connectivity index (χ1) is 14.4. The second-order valence-corrected chi connectivity index (χ2v) is 8.58. The summed E-state index contributed by atoms with van der Waals surface area (Å²) < 4.78 is 15.6. The first kappa shape index (κ1) is 26.3. The molecule has 7 nitrogen and oxygen atoms in total. The van der Waals surface area contributed by atoms with Crippen molar-refractivity contribution in [1.29, 1.82) is 0 Å². The summed E-state index contributed by atoms with van der Waals surface area (Å²) >= 11 is 3.65. The van der Waals surface area contributed by atoms with Gasteiger partial charge in [0.15, 0.2) is 5.78 Å². The van der Waals surface area contributed by atoms with Gasteiger partial charge in [-0.3, -0.25) is 9.59 Å². The summed E-state index contributed by atoms with van der Waals surface area (Å²) in [5.74, 6) is 2.27. The molecule has 0 aliphatic carbocycles. The molecule has 0 amide bonds. The molecular formula is C21H31NO6S2. The molecule has 0 aromatic carbocycles. The zero-order valence-electron chi connectivity index (χ0n) is 17.9. The molecule has 0 atom stereocenters. The fraction of sp³-hybridized carbons (Fsp3) is 0.571. The fourth-order valence-corrected chi connectivity index (χ4v) is 4.72. The number of esters is 2. The molecule has 1 aliphatic heterocycles. The fourth-order valence-electron chi connectivity index (χ4n) is 2.47. The van der Waals surface area contributed by atoms with E-state index in [1.165, 1.54) is 25.7 Å². The molecule has 0 bridgehead atoms. The van der Waals surface area contributed by atoms with Gasteiger partial charge in [-0.1, -0.05) is 12.2 Å². The van der Waals surface area contributed by atoms with Crippen LogP contribution in [0.3, 0.4) is 0 Å². The Kier molecular flexibility index (Phi) is 13.3. The summed E-state index contributed by atoms with van der Waals surface area (Å²) in [6.07, 6.45) is 4.70. The molecule has 0 aromatic heterocycles. The van der Waals surface area contributed by atoms with Crippen LogP contribution in [0.4, 0.5) is 0 Å². The lowest BCUT2D eigenvalue weighted by atomic mass is 10.2. The van der Waals surface area contributed by atoms with E-state index >= 15 is 0 Å². The molecule has 0 unspecified atom stereocenters. The standard InChI is InChI=1S/C21H31NO6S2/c1-5-27-20(24)11-22(8-6-7-19(17(3)23)21(25)26-4)9-10-28-18-14-29-12-16(2)13-30-15-18/h6-8,18H,2,5,9-15H2,1,3-4H3/b8-6+,19-7-. The highest BCUT2D eigenvalue weighted by molar-refractivity contribution is 8.01. The number of thioether (sulfide) groups is 2. The van der Waals surface area contributed by atoms with Crippen molar-refractivity contribution in [2.24, 2.45) is 0 Å². The van der Waals surface area contributed by atoms with Gasteiger partial charge in [0.25, 0.3) is 0 Å². The molecule has 0 N–H and O–H groups in total. The molecule has 0 spiro atoms. The van der Waals surface area contributed by atoms with E-state index in [1.807, 2.05) is 23.5 Å². The average molecular weight is 458 g/mol. The second-order valence-electron chi connectivity index (χ2n) is 6.52. The van der Waals surface area contributed by atoms with Gasteiger partial charge in [-0.2, -0.15) is 23.5 Å². The maximum Gasteiger partial charge on any atom is 0.341 e. The molecule has 9 heteroatoms. The van der Waals surface area contributed by atoms with Gasteiger partial charge in [0, 0.05) is 29.6 Å². The molecule has 1 aliphatic rings. The number of allylic oxidation sites excluding steroid dienone is 2. The molecule has 1 fully saturated rings. The highest BCUT2D eigenvalue weighted by Crippen LogP contribution is 2.21. The third-order valence-electron chi connectivity index (χ3n) is 3.93. The number of hydrogen-bond donors (Lipinski definition) is 0. The van der Waals surface area contributed by atoms with Crippen molar-refractivity contribution in [1.82, 2.24) is 4.90 Å². The third-order valence-corrected chi connectivity index (χ3v) is 6.37. The Balaban J connectivity index is 2.68. The van der Waals surface area contributed by atoms with Crippen molar-refractivity contribution in [2.45, 2.75) is 20.0 Å². The molecule has 30 heavy (non-hydrogen) atoms. The molecule has 0 radical (unpaired) electrons. The monoisotopic (exact) mass is 457 g/mol. The molecule has 168 valence electrons. The van der Waals surface area contributed by atoms with E-state index in [9.17, 15) is 14.4 Å². The Morgan fingerprint density at radius 2 is 1.90 bits per heavy atom. The minimum Gasteiger partial charge on any atom is -0.465 e. The van der Waals surface area contributed by atoms with Crippen molar-refractivity contribution >= 4 is 41.2 Å². The van der Waals surface area contributed by atoms with Crippen LogP contribution in [0, 0.1) is 0 Å². The smallest absolute Gasteiger partial charge is 0.341 e. The number of nitrogens with zero attached hydrogens (tertiary/aromatic N) is 1. The van der Waals surface area contributed by atoms with Crippen molar-refractivity contribution in [3.8, 4) is 0 Å². The Morgan fingerprint density at radius 1 is 1.23 bits per heavy atom. The SMILES string of the molecule is C=C1CSCC(OCCN(/C=C/C=C(/C(C)=O)C(=O)OC)CC(=O)OCC)CSC1. The van der Waals surface area contributed by atoms with E-state index in [1.54, 1.807) is 24.1 Å². The van der Waals surface area contributed by atoms with Gasteiger partial charge in [0.1, 0.15) is 12.1 Å². The van der Waals surface area contributed by atoms with Crippen LogP contribution in [0.25, 0.3) is 0 Å². The number of ketones is 1. The molecule has 1 saturated heterocycles. The van der Waals surface area contributed by atoms with E-state index in [4.69, 9.17) is 9.47 Å². The van der Waals surface area contributed by atoms with E-state index in [2.05, 4.69) is 11.3 Å². The molecule has 0 saturated carbocycles. The van der Waals surface area contributed by atoms with Crippen molar-refractivity contribution in [2.75, 3.05) is 56.4 Å². The average Bonchev–Trinajstić information content (AvgIpc) is 2.68. The molecule has 1 rings (SSSR count). The number of rotatable bonds is 11. The normalized spacial score (nSPS) is 16.1. The van der Waals surface area contributed by atoms with Gasteiger partial charge in [0.2, 0.25) is 0 Å². The van der Waals surface area contributed by atoms with E-state index < -0.39 is 11.8 Å². The summed E-state index contributed by atoms with van der Waals surface area (Å²) in [4.78, 5) is 36.9. The van der Waals surface area contributed by atoms with Gasteiger partial charge in [-0.05, 0) is 32.2 Å². The third kappa shape index (κ3) is 10.9. The summed E-state index contributed by atoms with van der Waals surface area (Å²) in [6, 6.07) is 0. The van der Waals surface area contributed by atoms with Gasteiger partial charge >= 0.3 is 11.9 Å².